The predicted octanol–water partition coefficient (Wildman–Crippen LogP) is 1.05. The number of rotatable bonds is 6. The first-order valence-electron chi connectivity index (χ1n) is 7.88. The predicted molar refractivity (Wildman–Crippen MR) is 87.9 cm³/mol. The van der Waals surface area contributed by atoms with E-state index in [2.05, 4.69) is 17.0 Å². The summed E-state index contributed by atoms with van der Waals surface area (Å²) in [6.45, 7) is 4.11. The molecule has 6 heteroatoms. The van der Waals surface area contributed by atoms with Gasteiger partial charge in [-0.1, -0.05) is 18.2 Å². The number of nitrogens with zero attached hydrogens (tertiary/aromatic N) is 2. The van der Waals surface area contributed by atoms with Crippen molar-refractivity contribution in [2.45, 2.75) is 12.6 Å². The van der Waals surface area contributed by atoms with Gasteiger partial charge in [0.05, 0.1) is 25.8 Å². The van der Waals surface area contributed by atoms with Crippen molar-refractivity contribution >= 4 is 16.9 Å². The summed E-state index contributed by atoms with van der Waals surface area (Å²) in [5.74, 6) is 0.653. The van der Waals surface area contributed by atoms with Crippen LogP contribution >= 0.6 is 0 Å². The number of hydrogen-bond acceptors (Lipinski definition) is 5. The van der Waals surface area contributed by atoms with Crippen molar-refractivity contribution < 1.29 is 13.9 Å². The van der Waals surface area contributed by atoms with Crippen LogP contribution in [0.5, 0.6) is 0 Å². The Morgan fingerprint density at radius 2 is 2.26 bits per heavy atom. The lowest BCUT2D eigenvalue weighted by atomic mass is 10.2. The number of nitrogens with two attached hydrogens (primary N) is 1. The molecule has 1 amide bonds. The molecule has 2 heterocycles. The molecule has 2 N–H and O–H groups in total. The monoisotopic (exact) mass is 317 g/mol. The van der Waals surface area contributed by atoms with Gasteiger partial charge in [0.15, 0.2) is 0 Å². The second-order valence-electron chi connectivity index (χ2n) is 6.14. The number of amides is 1. The van der Waals surface area contributed by atoms with Gasteiger partial charge in [-0.3, -0.25) is 14.6 Å². The molecular formula is C17H23N3O3. The summed E-state index contributed by atoms with van der Waals surface area (Å²) in [6, 6.07) is 10.1. The van der Waals surface area contributed by atoms with Gasteiger partial charge in [-0.2, -0.15) is 0 Å². The number of carbonyl (C=O) groups is 1. The van der Waals surface area contributed by atoms with Crippen LogP contribution in [0.1, 0.15) is 5.76 Å². The van der Waals surface area contributed by atoms with E-state index >= 15 is 0 Å². The van der Waals surface area contributed by atoms with E-state index in [4.69, 9.17) is 14.9 Å². The van der Waals surface area contributed by atoms with Crippen LogP contribution in [0.25, 0.3) is 11.0 Å². The Balaban J connectivity index is 1.56. The van der Waals surface area contributed by atoms with Gasteiger partial charge in [-0.25, -0.2) is 0 Å². The highest BCUT2D eigenvalue weighted by Gasteiger charge is 2.23. The SMILES string of the molecule is CN(CC(N)=O)C[C@@H]1CN(Cc2cc3ccccc3o2)CCO1. The first-order valence-corrected chi connectivity index (χ1v) is 7.88. The summed E-state index contributed by atoms with van der Waals surface area (Å²) in [5.41, 5.74) is 6.15. The van der Waals surface area contributed by atoms with Gasteiger partial charge in [0.1, 0.15) is 11.3 Å². The van der Waals surface area contributed by atoms with Gasteiger partial charge in [0, 0.05) is 25.0 Å². The van der Waals surface area contributed by atoms with Gasteiger partial charge in [0.25, 0.3) is 0 Å². The van der Waals surface area contributed by atoms with Crippen molar-refractivity contribution in [3.8, 4) is 0 Å². The first kappa shape index (κ1) is 16.0. The van der Waals surface area contributed by atoms with Crippen LogP contribution in [0.15, 0.2) is 34.7 Å². The average molecular weight is 317 g/mol. The number of primary amides is 1. The zero-order chi connectivity index (χ0) is 16.2. The third kappa shape index (κ3) is 4.31. The van der Waals surface area contributed by atoms with Gasteiger partial charge in [0.2, 0.25) is 5.91 Å². The largest absolute Gasteiger partial charge is 0.460 e. The fourth-order valence-corrected chi connectivity index (χ4v) is 3.05. The molecule has 6 nitrogen and oxygen atoms in total. The Kier molecular flexibility index (Phi) is 4.95. The lowest BCUT2D eigenvalue weighted by molar-refractivity contribution is -0.119. The highest BCUT2D eigenvalue weighted by atomic mass is 16.5. The Morgan fingerprint density at radius 3 is 3.04 bits per heavy atom. The molecule has 1 atom stereocenters. The summed E-state index contributed by atoms with van der Waals surface area (Å²) in [6.07, 6.45) is 0.0810. The molecule has 0 bridgehead atoms. The van der Waals surface area contributed by atoms with E-state index in [0.29, 0.717) is 13.2 Å². The Bertz CT molecular complexity index is 637. The topological polar surface area (TPSA) is 71.9 Å². The zero-order valence-corrected chi connectivity index (χ0v) is 13.4. The van der Waals surface area contributed by atoms with E-state index in [9.17, 15) is 4.79 Å². The molecule has 2 aromatic rings. The average Bonchev–Trinajstić information content (AvgIpc) is 2.88. The lowest BCUT2D eigenvalue weighted by Crippen LogP contribution is -2.47. The maximum atomic E-state index is 11.0. The minimum atomic E-state index is -0.317. The second kappa shape index (κ2) is 7.12. The Morgan fingerprint density at radius 1 is 1.43 bits per heavy atom. The third-order valence-corrected chi connectivity index (χ3v) is 4.02. The molecule has 0 spiro atoms. The number of carbonyl (C=O) groups excluding carboxylic acids is 1. The number of morpholine rings is 1. The van der Waals surface area contributed by atoms with Crippen molar-refractivity contribution in [3.05, 3.63) is 36.1 Å². The third-order valence-electron chi connectivity index (χ3n) is 4.02. The number of furan rings is 1. The Labute approximate surface area is 135 Å². The summed E-state index contributed by atoms with van der Waals surface area (Å²) >= 11 is 0. The van der Waals surface area contributed by atoms with Gasteiger partial charge in [-0.05, 0) is 19.2 Å². The normalized spacial score (nSPS) is 19.5. The van der Waals surface area contributed by atoms with Crippen molar-refractivity contribution in [3.63, 3.8) is 0 Å². The van der Waals surface area contributed by atoms with Crippen LogP contribution in [0.3, 0.4) is 0 Å². The van der Waals surface area contributed by atoms with Crippen LogP contribution < -0.4 is 5.73 Å². The molecule has 1 aliphatic rings. The molecule has 1 aromatic carbocycles. The molecule has 124 valence electrons. The van der Waals surface area contributed by atoms with Crippen molar-refractivity contribution in [1.29, 1.82) is 0 Å². The van der Waals surface area contributed by atoms with Gasteiger partial charge in [-0.15, -0.1) is 0 Å². The molecule has 0 aliphatic carbocycles. The molecule has 3 rings (SSSR count). The quantitative estimate of drug-likeness (QED) is 0.862. The maximum absolute atomic E-state index is 11.0. The lowest BCUT2D eigenvalue weighted by Gasteiger charge is -2.34. The molecule has 1 saturated heterocycles. The number of ether oxygens (including phenoxy) is 1. The first-order chi connectivity index (χ1) is 11.1. The number of likely N-dealkylation sites (N-methyl/N-ethyl adjacent to an activating group) is 1. The molecule has 0 radical (unpaired) electrons. The standard InChI is InChI=1S/C17H23N3O3/c1-19(12-17(18)21)9-15-11-20(6-7-22-15)10-14-8-13-4-2-3-5-16(13)23-14/h2-5,8,15H,6-7,9-12H2,1H3,(H2,18,21)/t15-/m1/s1. The maximum Gasteiger partial charge on any atom is 0.231 e. The van der Waals surface area contributed by atoms with E-state index in [1.807, 2.05) is 30.1 Å². The number of para-hydroxylation sites is 1. The van der Waals surface area contributed by atoms with Crippen molar-refractivity contribution in [2.75, 3.05) is 39.8 Å². The Hall–Kier alpha value is -1.89. The van der Waals surface area contributed by atoms with Crippen LogP contribution in [0.4, 0.5) is 0 Å². The fraction of sp³-hybridized carbons (Fsp3) is 0.471. The second-order valence-corrected chi connectivity index (χ2v) is 6.14. The molecule has 23 heavy (non-hydrogen) atoms. The smallest absolute Gasteiger partial charge is 0.231 e. The summed E-state index contributed by atoms with van der Waals surface area (Å²) in [5, 5.41) is 1.13. The van der Waals surface area contributed by atoms with Crippen LogP contribution in [0.2, 0.25) is 0 Å². The molecule has 0 saturated carbocycles. The van der Waals surface area contributed by atoms with Gasteiger partial charge >= 0.3 is 0 Å². The van der Waals surface area contributed by atoms with E-state index in [1.165, 1.54) is 0 Å². The van der Waals surface area contributed by atoms with Crippen LogP contribution in [0, 0.1) is 0 Å². The molecule has 1 aromatic heterocycles. The van der Waals surface area contributed by atoms with Crippen LogP contribution in [-0.2, 0) is 16.1 Å². The summed E-state index contributed by atoms with van der Waals surface area (Å²) in [7, 11) is 1.88. The summed E-state index contributed by atoms with van der Waals surface area (Å²) < 4.78 is 11.7. The molecule has 1 aliphatic heterocycles. The van der Waals surface area contributed by atoms with Crippen molar-refractivity contribution in [1.82, 2.24) is 9.80 Å². The number of hydrogen-bond donors (Lipinski definition) is 1. The number of fused-ring (bicyclic) bond motifs is 1. The molecule has 0 unspecified atom stereocenters. The van der Waals surface area contributed by atoms with E-state index in [-0.39, 0.29) is 18.6 Å². The van der Waals surface area contributed by atoms with Crippen LogP contribution in [-0.4, -0.2) is 61.6 Å². The number of benzene rings is 1. The molecular weight excluding hydrogens is 294 g/mol. The van der Waals surface area contributed by atoms with E-state index in [1.54, 1.807) is 0 Å². The fourth-order valence-electron chi connectivity index (χ4n) is 3.05. The minimum absolute atomic E-state index is 0.0810. The minimum Gasteiger partial charge on any atom is -0.460 e. The van der Waals surface area contributed by atoms with E-state index in [0.717, 1.165) is 36.4 Å². The van der Waals surface area contributed by atoms with Crippen molar-refractivity contribution in [2.24, 2.45) is 5.73 Å². The highest BCUT2D eigenvalue weighted by Crippen LogP contribution is 2.20. The summed E-state index contributed by atoms with van der Waals surface area (Å²) in [4.78, 5) is 15.2. The van der Waals surface area contributed by atoms with Gasteiger partial charge < -0.3 is 14.9 Å². The molecule has 1 fully saturated rings. The highest BCUT2D eigenvalue weighted by molar-refractivity contribution is 5.77. The zero-order valence-electron chi connectivity index (χ0n) is 13.4. The van der Waals surface area contributed by atoms with E-state index < -0.39 is 0 Å².